The van der Waals surface area contributed by atoms with Gasteiger partial charge in [-0.3, -0.25) is 0 Å². The fourth-order valence-electron chi connectivity index (χ4n) is 3.03. The Morgan fingerprint density at radius 1 is 0.958 bits per heavy atom. The summed E-state index contributed by atoms with van der Waals surface area (Å²) >= 11 is 10.6. The lowest BCUT2D eigenvalue weighted by Gasteiger charge is -2.17. The maximum atomic E-state index is 6.14. The van der Waals surface area contributed by atoms with E-state index in [9.17, 15) is 0 Å². The van der Waals surface area contributed by atoms with Gasteiger partial charge in [-0.15, -0.1) is 0 Å². The molecule has 0 amide bonds. The van der Waals surface area contributed by atoms with Crippen LogP contribution in [-0.4, -0.2) is 5.75 Å². The second-order valence-electron chi connectivity index (χ2n) is 6.95. The summed E-state index contributed by atoms with van der Waals surface area (Å²) < 4.78 is 0. The van der Waals surface area contributed by atoms with Crippen LogP contribution in [0.1, 0.15) is 85.5 Å². The quantitative estimate of drug-likeness (QED) is 0.230. The highest BCUT2D eigenvalue weighted by atomic mass is 35.5. The first-order valence-electron chi connectivity index (χ1n) is 9.72. The first-order valence-corrected chi connectivity index (χ1v) is 10.7. The molecule has 0 aromatic heterocycles. The lowest BCUT2D eigenvalue weighted by molar-refractivity contribution is 0.436. The maximum absolute atomic E-state index is 6.14. The zero-order valence-electron chi connectivity index (χ0n) is 16.4. The van der Waals surface area contributed by atoms with Crippen molar-refractivity contribution in [3.05, 3.63) is 34.9 Å². The molecule has 0 aliphatic heterocycles. The summed E-state index contributed by atoms with van der Waals surface area (Å²) in [7, 11) is 0. The van der Waals surface area contributed by atoms with Gasteiger partial charge in [0.15, 0.2) is 0 Å². The van der Waals surface area contributed by atoms with Gasteiger partial charge in [0.05, 0.1) is 0 Å². The summed E-state index contributed by atoms with van der Waals surface area (Å²) in [6, 6.07) is 0. The number of halogens is 1. The monoisotopic (exact) mass is 370 g/mol. The molecular formula is C22H39ClS. The third kappa shape index (κ3) is 11.4. The molecule has 0 aliphatic rings. The van der Waals surface area contributed by atoms with E-state index in [-0.39, 0.29) is 0 Å². The molecule has 24 heavy (non-hydrogen) atoms. The van der Waals surface area contributed by atoms with Crippen molar-refractivity contribution in [3.63, 3.8) is 0 Å². The van der Waals surface area contributed by atoms with Crippen molar-refractivity contribution >= 4 is 24.2 Å². The average Bonchev–Trinajstić information content (AvgIpc) is 2.61. The number of allylic oxidation sites excluding steroid dienone is 5. The van der Waals surface area contributed by atoms with Gasteiger partial charge in [-0.25, -0.2) is 0 Å². The maximum Gasteiger partial charge on any atom is 0.0138 e. The highest BCUT2D eigenvalue weighted by molar-refractivity contribution is 7.80. The minimum Gasteiger partial charge on any atom is -0.179 e. The lowest BCUT2D eigenvalue weighted by Crippen LogP contribution is -2.03. The molecule has 0 saturated carbocycles. The lowest BCUT2D eigenvalue weighted by atomic mass is 9.90. The molecule has 2 unspecified atom stereocenters. The standard InChI is InChI=1S/C22H39ClS/c1-6-19(11-10-18(5)16-21(8-3)17-24)12-13-20(7-2)14-15-22(23)9-4/h6,9,20-21,24H,5,7-8,10-17H2,1-4H3/b19-6-,22-9-. The first kappa shape index (κ1) is 23.9. The average molecular weight is 371 g/mol. The van der Waals surface area contributed by atoms with Gasteiger partial charge < -0.3 is 0 Å². The predicted octanol–water partition coefficient (Wildman–Crippen LogP) is 8.34. The second kappa shape index (κ2) is 15.1. The van der Waals surface area contributed by atoms with Gasteiger partial charge in [-0.05, 0) is 76.4 Å². The molecule has 0 N–H and O–H groups in total. The molecule has 0 heterocycles. The molecule has 0 fully saturated rings. The Bertz CT molecular complexity index is 391. The van der Waals surface area contributed by atoms with Crippen LogP contribution in [0.3, 0.4) is 0 Å². The zero-order valence-corrected chi connectivity index (χ0v) is 18.1. The Balaban J connectivity index is 4.20. The Morgan fingerprint density at radius 3 is 2.08 bits per heavy atom. The first-order chi connectivity index (χ1) is 11.5. The summed E-state index contributed by atoms with van der Waals surface area (Å²) in [6.07, 6.45) is 15.0. The van der Waals surface area contributed by atoms with Crippen LogP contribution in [0, 0.1) is 11.8 Å². The van der Waals surface area contributed by atoms with Crippen molar-refractivity contribution in [3.8, 4) is 0 Å². The van der Waals surface area contributed by atoms with Crippen LogP contribution in [0.25, 0.3) is 0 Å². The summed E-state index contributed by atoms with van der Waals surface area (Å²) in [4.78, 5) is 0. The molecule has 0 aromatic rings. The van der Waals surface area contributed by atoms with Gasteiger partial charge in [0.25, 0.3) is 0 Å². The third-order valence-corrected chi connectivity index (χ3v) is 6.10. The van der Waals surface area contributed by atoms with E-state index in [4.69, 9.17) is 11.6 Å². The number of hydrogen-bond acceptors (Lipinski definition) is 1. The molecule has 0 saturated heterocycles. The highest BCUT2D eigenvalue weighted by Gasteiger charge is 2.10. The van der Waals surface area contributed by atoms with Crippen LogP contribution in [0.2, 0.25) is 0 Å². The van der Waals surface area contributed by atoms with Crippen molar-refractivity contribution in [1.29, 1.82) is 0 Å². The van der Waals surface area contributed by atoms with Crippen molar-refractivity contribution in [2.24, 2.45) is 11.8 Å². The second-order valence-corrected chi connectivity index (χ2v) is 7.80. The fourth-order valence-corrected chi connectivity index (χ4v) is 3.52. The van der Waals surface area contributed by atoms with Gasteiger partial charge in [0.2, 0.25) is 0 Å². The van der Waals surface area contributed by atoms with E-state index in [0.29, 0.717) is 5.92 Å². The summed E-state index contributed by atoms with van der Waals surface area (Å²) in [5.41, 5.74) is 2.98. The van der Waals surface area contributed by atoms with E-state index in [2.05, 4.69) is 46.1 Å². The summed E-state index contributed by atoms with van der Waals surface area (Å²) in [5.74, 6) is 2.44. The molecule has 0 aromatic carbocycles. The largest absolute Gasteiger partial charge is 0.179 e. The highest BCUT2D eigenvalue weighted by Crippen LogP contribution is 2.26. The van der Waals surface area contributed by atoms with Crippen LogP contribution in [0.15, 0.2) is 34.9 Å². The van der Waals surface area contributed by atoms with E-state index in [0.717, 1.165) is 36.0 Å². The Labute approximate surface area is 162 Å². The van der Waals surface area contributed by atoms with Crippen LogP contribution >= 0.6 is 24.2 Å². The van der Waals surface area contributed by atoms with E-state index < -0.39 is 0 Å². The Morgan fingerprint density at radius 2 is 1.58 bits per heavy atom. The topological polar surface area (TPSA) is 0 Å². The number of hydrogen-bond donors (Lipinski definition) is 1. The zero-order chi connectivity index (χ0) is 18.4. The van der Waals surface area contributed by atoms with Gasteiger partial charge >= 0.3 is 0 Å². The molecule has 0 radical (unpaired) electrons. The van der Waals surface area contributed by atoms with E-state index >= 15 is 0 Å². The van der Waals surface area contributed by atoms with Crippen LogP contribution in [0.5, 0.6) is 0 Å². The molecular weight excluding hydrogens is 332 g/mol. The number of rotatable bonds is 14. The third-order valence-electron chi connectivity index (χ3n) is 5.18. The molecule has 0 bridgehead atoms. The van der Waals surface area contributed by atoms with Gasteiger partial charge in [-0.1, -0.05) is 68.2 Å². The van der Waals surface area contributed by atoms with E-state index in [1.807, 2.05) is 13.0 Å². The molecule has 2 atom stereocenters. The predicted molar refractivity (Wildman–Crippen MR) is 116 cm³/mol. The Hall–Kier alpha value is -0.140. The minimum absolute atomic E-state index is 0.690. The van der Waals surface area contributed by atoms with Gasteiger partial charge in [0.1, 0.15) is 0 Å². The molecule has 0 rings (SSSR count). The van der Waals surface area contributed by atoms with Crippen molar-refractivity contribution in [2.75, 3.05) is 5.75 Å². The SMILES string of the molecule is C=C(CC/C(=C/C)CCC(CC)CC/C(Cl)=C/C)CC(CC)CS. The summed E-state index contributed by atoms with van der Waals surface area (Å²) in [5, 5.41) is 1.01. The molecule has 0 nitrogen and oxygen atoms in total. The van der Waals surface area contributed by atoms with Crippen molar-refractivity contribution in [2.45, 2.75) is 85.5 Å². The number of thiol groups is 1. The minimum atomic E-state index is 0.690. The molecule has 0 spiro atoms. The molecule has 0 aliphatic carbocycles. The van der Waals surface area contributed by atoms with Crippen LogP contribution in [-0.2, 0) is 0 Å². The Kier molecular flexibility index (Phi) is 15.1. The normalized spacial score (nSPS) is 15.4. The van der Waals surface area contributed by atoms with Gasteiger partial charge in [0, 0.05) is 5.03 Å². The van der Waals surface area contributed by atoms with Crippen LogP contribution in [0.4, 0.5) is 0 Å². The van der Waals surface area contributed by atoms with Crippen LogP contribution < -0.4 is 0 Å². The molecule has 140 valence electrons. The van der Waals surface area contributed by atoms with E-state index in [1.54, 1.807) is 5.57 Å². The van der Waals surface area contributed by atoms with Crippen molar-refractivity contribution < 1.29 is 0 Å². The summed E-state index contributed by atoms with van der Waals surface area (Å²) in [6.45, 7) is 13.0. The smallest absolute Gasteiger partial charge is 0.0138 e. The van der Waals surface area contributed by atoms with E-state index in [1.165, 1.54) is 44.1 Å². The fraction of sp³-hybridized carbons (Fsp3) is 0.727. The van der Waals surface area contributed by atoms with Gasteiger partial charge in [-0.2, -0.15) is 12.6 Å². The van der Waals surface area contributed by atoms with Crippen molar-refractivity contribution in [1.82, 2.24) is 0 Å². The molecule has 2 heteroatoms.